The number of rotatable bonds is 5. The van der Waals surface area contributed by atoms with E-state index < -0.39 is 36.4 Å². The topological polar surface area (TPSA) is 97.4 Å². The maximum Gasteiger partial charge on any atom is 0.307 e. The van der Waals surface area contributed by atoms with Crippen LogP contribution in [-0.2, 0) is 38.1 Å². The first-order valence-corrected chi connectivity index (χ1v) is 6.22. The van der Waals surface area contributed by atoms with Gasteiger partial charge in [-0.25, -0.2) is 0 Å². The molecule has 3 atom stereocenters. The smallest absolute Gasteiger partial charge is 0.307 e. The molecule has 0 N–H and O–H groups in total. The summed E-state index contributed by atoms with van der Waals surface area (Å²) in [5.41, 5.74) is 0. The zero-order valence-electron chi connectivity index (χ0n) is 12.3. The van der Waals surface area contributed by atoms with Gasteiger partial charge in [0.15, 0.2) is 11.9 Å². The van der Waals surface area contributed by atoms with Crippen molar-refractivity contribution in [2.45, 2.75) is 39.3 Å². The van der Waals surface area contributed by atoms with Crippen molar-refractivity contribution in [3.05, 3.63) is 11.8 Å². The predicted octanol–water partition coefficient (Wildman–Crippen LogP) is 0.299. The Morgan fingerprint density at radius 3 is 2.29 bits per heavy atom. The van der Waals surface area contributed by atoms with Crippen LogP contribution in [0.25, 0.3) is 0 Å². The molecule has 118 valence electrons. The summed E-state index contributed by atoms with van der Waals surface area (Å²) in [4.78, 5) is 33.0. The minimum absolute atomic E-state index is 0.0790. The van der Waals surface area contributed by atoms with Crippen molar-refractivity contribution >= 4 is 17.9 Å². The van der Waals surface area contributed by atoms with Crippen LogP contribution in [0, 0.1) is 0 Å². The highest BCUT2D eigenvalue weighted by Crippen LogP contribution is 2.24. The largest absolute Gasteiger partial charge is 0.463 e. The molecule has 1 aliphatic rings. The molecule has 0 aromatic carbocycles. The Hall–Kier alpha value is -1.93. The summed E-state index contributed by atoms with van der Waals surface area (Å²) in [6, 6.07) is 0. The second-order valence-corrected chi connectivity index (χ2v) is 4.28. The lowest BCUT2D eigenvalue weighted by Gasteiger charge is -2.33. The van der Waals surface area contributed by atoms with Crippen molar-refractivity contribution in [1.29, 1.82) is 0 Å². The predicted molar refractivity (Wildman–Crippen MR) is 67.7 cm³/mol. The molecule has 0 aromatic heterocycles. The Labute approximate surface area is 121 Å². The fourth-order valence-electron chi connectivity index (χ4n) is 1.71. The van der Waals surface area contributed by atoms with Gasteiger partial charge < -0.3 is 23.7 Å². The summed E-state index contributed by atoms with van der Waals surface area (Å²) in [6.07, 6.45) is -1.18. The fraction of sp³-hybridized carbons (Fsp3) is 0.615. The molecule has 0 radical (unpaired) electrons. The summed E-state index contributed by atoms with van der Waals surface area (Å²) >= 11 is 0. The molecule has 0 aromatic rings. The first-order chi connectivity index (χ1) is 9.83. The molecular formula is C13H18O8. The standard InChI is InChI=1S/C13H18O8/c1-7(14)18-6-12-10(19-8(2)15)5-11(20-9(3)16)13(17-4)21-12/h5,10,12-13H,6H2,1-4H3/t10-,12+,13-/m0/s1. The third kappa shape index (κ3) is 5.52. The first-order valence-electron chi connectivity index (χ1n) is 6.22. The van der Waals surface area contributed by atoms with E-state index in [1.165, 1.54) is 34.0 Å². The Balaban J connectivity index is 2.92. The number of ether oxygens (including phenoxy) is 5. The minimum Gasteiger partial charge on any atom is -0.463 e. The van der Waals surface area contributed by atoms with Crippen LogP contribution in [0.4, 0.5) is 0 Å². The maximum atomic E-state index is 11.1. The summed E-state index contributed by atoms with van der Waals surface area (Å²) in [6.45, 7) is 3.57. The second kappa shape index (κ2) is 7.75. The number of carbonyl (C=O) groups excluding carboxylic acids is 3. The van der Waals surface area contributed by atoms with Crippen molar-refractivity contribution in [3.63, 3.8) is 0 Å². The van der Waals surface area contributed by atoms with Crippen molar-refractivity contribution in [3.8, 4) is 0 Å². The van der Waals surface area contributed by atoms with E-state index in [0.29, 0.717) is 0 Å². The van der Waals surface area contributed by atoms with E-state index in [2.05, 4.69) is 0 Å². The average molecular weight is 302 g/mol. The van der Waals surface area contributed by atoms with Gasteiger partial charge in [-0.15, -0.1) is 0 Å². The molecular weight excluding hydrogens is 284 g/mol. The van der Waals surface area contributed by atoms with E-state index >= 15 is 0 Å². The van der Waals surface area contributed by atoms with Crippen molar-refractivity contribution in [1.82, 2.24) is 0 Å². The van der Waals surface area contributed by atoms with E-state index in [1.54, 1.807) is 0 Å². The van der Waals surface area contributed by atoms with E-state index in [-0.39, 0.29) is 12.4 Å². The molecule has 21 heavy (non-hydrogen) atoms. The summed E-state index contributed by atoms with van der Waals surface area (Å²) in [5.74, 6) is -1.53. The summed E-state index contributed by atoms with van der Waals surface area (Å²) < 4.78 is 25.4. The van der Waals surface area contributed by atoms with Gasteiger partial charge in [0.1, 0.15) is 12.7 Å². The van der Waals surface area contributed by atoms with Gasteiger partial charge in [-0.3, -0.25) is 14.4 Å². The highest BCUT2D eigenvalue weighted by Gasteiger charge is 2.36. The first kappa shape index (κ1) is 17.1. The van der Waals surface area contributed by atoms with Crippen molar-refractivity contribution < 1.29 is 38.1 Å². The average Bonchev–Trinajstić information content (AvgIpc) is 2.36. The molecule has 0 saturated heterocycles. The molecule has 0 fully saturated rings. The number of esters is 3. The van der Waals surface area contributed by atoms with Crippen LogP contribution in [-0.4, -0.2) is 50.1 Å². The van der Waals surface area contributed by atoms with Crippen LogP contribution in [0.3, 0.4) is 0 Å². The second-order valence-electron chi connectivity index (χ2n) is 4.28. The highest BCUT2D eigenvalue weighted by molar-refractivity contribution is 5.68. The fourth-order valence-corrected chi connectivity index (χ4v) is 1.71. The molecule has 8 nitrogen and oxygen atoms in total. The van der Waals surface area contributed by atoms with Crippen LogP contribution in [0.1, 0.15) is 20.8 Å². The summed E-state index contributed by atoms with van der Waals surface area (Å²) in [5, 5.41) is 0. The van der Waals surface area contributed by atoms with E-state index in [1.807, 2.05) is 0 Å². The number of hydrogen-bond donors (Lipinski definition) is 0. The maximum absolute atomic E-state index is 11.1. The molecule has 0 spiro atoms. The molecule has 0 saturated carbocycles. The van der Waals surface area contributed by atoms with Crippen LogP contribution in [0.15, 0.2) is 11.8 Å². The molecule has 0 aliphatic carbocycles. The molecule has 0 unspecified atom stereocenters. The van der Waals surface area contributed by atoms with Gasteiger partial charge in [0.2, 0.25) is 6.29 Å². The third-order valence-electron chi connectivity index (χ3n) is 2.45. The van der Waals surface area contributed by atoms with E-state index in [0.717, 1.165) is 0 Å². The Morgan fingerprint density at radius 2 is 1.81 bits per heavy atom. The third-order valence-corrected chi connectivity index (χ3v) is 2.45. The SMILES string of the molecule is CO[C@H]1O[C@H](COC(C)=O)[C@@H](OC(C)=O)C=C1OC(C)=O. The lowest BCUT2D eigenvalue weighted by Crippen LogP contribution is -2.44. The van der Waals surface area contributed by atoms with Crippen LogP contribution >= 0.6 is 0 Å². The lowest BCUT2D eigenvalue weighted by molar-refractivity contribution is -0.207. The van der Waals surface area contributed by atoms with Crippen molar-refractivity contribution in [2.24, 2.45) is 0 Å². The number of hydrogen-bond acceptors (Lipinski definition) is 8. The van der Waals surface area contributed by atoms with Gasteiger partial charge >= 0.3 is 17.9 Å². The monoisotopic (exact) mass is 302 g/mol. The highest BCUT2D eigenvalue weighted by atomic mass is 16.7. The Bertz CT molecular complexity index is 441. The number of carbonyl (C=O) groups is 3. The zero-order valence-corrected chi connectivity index (χ0v) is 12.3. The zero-order chi connectivity index (χ0) is 16.0. The van der Waals surface area contributed by atoms with Gasteiger partial charge in [0, 0.05) is 34.0 Å². The molecule has 8 heteroatoms. The van der Waals surface area contributed by atoms with Gasteiger partial charge in [-0.1, -0.05) is 0 Å². The van der Waals surface area contributed by atoms with Gasteiger partial charge in [0.05, 0.1) is 0 Å². The molecule has 0 bridgehead atoms. The van der Waals surface area contributed by atoms with Gasteiger partial charge in [0.25, 0.3) is 0 Å². The minimum atomic E-state index is -0.957. The molecule has 1 aliphatic heterocycles. The molecule has 0 amide bonds. The van der Waals surface area contributed by atoms with Crippen molar-refractivity contribution in [2.75, 3.05) is 13.7 Å². The van der Waals surface area contributed by atoms with E-state index in [4.69, 9.17) is 23.7 Å². The normalized spacial score (nSPS) is 24.8. The molecule has 1 rings (SSSR count). The van der Waals surface area contributed by atoms with E-state index in [9.17, 15) is 14.4 Å². The van der Waals surface area contributed by atoms with Gasteiger partial charge in [-0.2, -0.15) is 0 Å². The van der Waals surface area contributed by atoms with Crippen LogP contribution in [0.2, 0.25) is 0 Å². The molecule has 1 heterocycles. The Morgan fingerprint density at radius 1 is 1.14 bits per heavy atom. The quantitative estimate of drug-likeness (QED) is 0.528. The van der Waals surface area contributed by atoms with Crippen LogP contribution in [0.5, 0.6) is 0 Å². The summed E-state index contributed by atoms with van der Waals surface area (Å²) in [7, 11) is 1.36. The van der Waals surface area contributed by atoms with Crippen LogP contribution < -0.4 is 0 Å². The van der Waals surface area contributed by atoms with Gasteiger partial charge in [-0.05, 0) is 0 Å². The number of methoxy groups -OCH3 is 1. The Kier molecular flexibility index (Phi) is 6.32. The lowest BCUT2D eigenvalue weighted by atomic mass is 10.1.